The summed E-state index contributed by atoms with van der Waals surface area (Å²) in [7, 11) is 0. The van der Waals surface area contributed by atoms with Crippen molar-refractivity contribution >= 4 is 39.8 Å². The monoisotopic (exact) mass is 616 g/mol. The fourth-order valence-electron chi connectivity index (χ4n) is 4.88. The van der Waals surface area contributed by atoms with Crippen LogP contribution in [0.2, 0.25) is 5.02 Å². The number of halogens is 5. The lowest BCUT2D eigenvalue weighted by atomic mass is 9.96. The zero-order valence-corrected chi connectivity index (χ0v) is 24.2. The minimum atomic E-state index is -4.49. The average molecular weight is 617 g/mol. The molecule has 2 aliphatic rings. The van der Waals surface area contributed by atoms with Crippen LogP contribution in [0.25, 0.3) is 10.9 Å². The lowest BCUT2D eigenvalue weighted by Gasteiger charge is -2.28. The van der Waals surface area contributed by atoms with Gasteiger partial charge in [0.15, 0.2) is 5.54 Å². The number of alkyl halides is 3. The third-order valence-corrected chi connectivity index (χ3v) is 7.64. The summed E-state index contributed by atoms with van der Waals surface area (Å²) in [5.41, 5.74) is 10.4. The second-order valence-electron chi connectivity index (χ2n) is 11.8. The number of nitrogens with two attached hydrogens (primary N) is 1. The van der Waals surface area contributed by atoms with Gasteiger partial charge in [0.2, 0.25) is 0 Å². The summed E-state index contributed by atoms with van der Waals surface area (Å²) < 4.78 is 56.0. The Morgan fingerprint density at radius 3 is 2.58 bits per heavy atom. The number of primary amides is 1. The van der Waals surface area contributed by atoms with E-state index in [1.165, 1.54) is 24.5 Å². The lowest BCUT2D eigenvalue weighted by Crippen LogP contribution is -2.52. The van der Waals surface area contributed by atoms with Crippen molar-refractivity contribution in [2.24, 2.45) is 11.1 Å². The molecule has 0 bridgehead atoms. The van der Waals surface area contributed by atoms with Crippen LogP contribution in [0.5, 0.6) is 0 Å². The van der Waals surface area contributed by atoms with Crippen LogP contribution >= 0.6 is 11.6 Å². The summed E-state index contributed by atoms with van der Waals surface area (Å²) in [6, 6.07) is 8.22. The van der Waals surface area contributed by atoms with Crippen molar-refractivity contribution in [1.29, 1.82) is 5.26 Å². The first-order chi connectivity index (χ1) is 20.1. The molecule has 6 N–H and O–H groups in total. The maximum absolute atomic E-state index is 14.4. The number of aromatic nitrogens is 1. The predicted molar refractivity (Wildman–Crippen MR) is 155 cm³/mol. The molecule has 0 unspecified atom stereocenters. The van der Waals surface area contributed by atoms with E-state index >= 15 is 0 Å². The average Bonchev–Trinajstić information content (AvgIpc) is 3.61. The number of amides is 1. The van der Waals surface area contributed by atoms with Crippen LogP contribution in [-0.4, -0.2) is 34.2 Å². The fourth-order valence-corrected chi connectivity index (χ4v) is 5.14. The Labute approximate surface area is 250 Å². The van der Waals surface area contributed by atoms with Gasteiger partial charge in [0, 0.05) is 30.0 Å². The molecule has 0 radical (unpaired) electrons. The number of nitriles is 1. The van der Waals surface area contributed by atoms with Crippen LogP contribution in [0.3, 0.4) is 0 Å². The first-order valence-corrected chi connectivity index (χ1v) is 13.7. The Morgan fingerprint density at radius 2 is 1.98 bits per heavy atom. The number of hydrogen-bond donors (Lipinski definition) is 5. The molecule has 1 aliphatic carbocycles. The summed E-state index contributed by atoms with van der Waals surface area (Å²) in [5, 5.41) is 18.1. The molecule has 2 heterocycles. The van der Waals surface area contributed by atoms with Crippen molar-refractivity contribution < 1.29 is 22.4 Å². The molecule has 1 saturated carbocycles. The molecule has 43 heavy (non-hydrogen) atoms. The van der Waals surface area contributed by atoms with Crippen molar-refractivity contribution in [2.75, 3.05) is 17.2 Å². The van der Waals surface area contributed by atoms with E-state index in [2.05, 4.69) is 32.6 Å². The van der Waals surface area contributed by atoms with Gasteiger partial charge in [-0.15, -0.1) is 5.53 Å². The Kier molecular flexibility index (Phi) is 7.56. The largest absolute Gasteiger partial charge is 0.413 e. The Hall–Kier alpha value is -4.28. The van der Waals surface area contributed by atoms with Crippen LogP contribution in [0, 0.1) is 22.6 Å². The Balaban J connectivity index is 1.60. The van der Waals surface area contributed by atoms with E-state index in [9.17, 15) is 27.6 Å². The van der Waals surface area contributed by atoms with E-state index in [-0.39, 0.29) is 34.5 Å². The number of anilines is 2. The van der Waals surface area contributed by atoms with E-state index in [0.717, 1.165) is 11.1 Å². The normalized spacial score (nSPS) is 16.7. The van der Waals surface area contributed by atoms with Crippen LogP contribution in [-0.2, 0) is 0 Å². The van der Waals surface area contributed by atoms with E-state index in [1.54, 1.807) is 12.1 Å². The highest BCUT2D eigenvalue weighted by atomic mass is 35.5. The van der Waals surface area contributed by atoms with Gasteiger partial charge in [-0.3, -0.25) is 14.8 Å². The van der Waals surface area contributed by atoms with Gasteiger partial charge in [0.1, 0.15) is 11.9 Å². The number of nitrogens with zero attached hydrogens (tertiary/aromatic N) is 3. The molecule has 1 aromatic heterocycles. The molecule has 1 atom stereocenters. The summed E-state index contributed by atoms with van der Waals surface area (Å²) >= 11 is 6.64. The van der Waals surface area contributed by atoms with Crippen molar-refractivity contribution in [3.63, 3.8) is 0 Å². The number of carbonyl (C=O) groups is 1. The number of nitrogens with one attached hydrogen (secondary N) is 4. The second kappa shape index (κ2) is 10.8. The van der Waals surface area contributed by atoms with Gasteiger partial charge in [-0.05, 0) is 48.1 Å². The van der Waals surface area contributed by atoms with Crippen molar-refractivity contribution in [1.82, 2.24) is 21.0 Å². The van der Waals surface area contributed by atoms with E-state index in [4.69, 9.17) is 17.3 Å². The van der Waals surface area contributed by atoms with Gasteiger partial charge in [-0.2, -0.15) is 18.4 Å². The molecule has 9 nitrogen and oxygen atoms in total. The molecule has 1 fully saturated rings. The number of hydrogen-bond acceptors (Lipinski definition) is 8. The summed E-state index contributed by atoms with van der Waals surface area (Å²) in [6.45, 7) is 6.64. The number of benzene rings is 2. The van der Waals surface area contributed by atoms with Crippen LogP contribution in [0.4, 0.5) is 28.9 Å². The zero-order chi connectivity index (χ0) is 31.3. The Bertz CT molecular complexity index is 1670. The maximum Gasteiger partial charge on any atom is 0.413 e. The number of hydrazine groups is 2. The second-order valence-corrected chi connectivity index (χ2v) is 12.2. The van der Waals surface area contributed by atoms with Crippen LogP contribution < -0.4 is 27.3 Å². The minimum absolute atomic E-state index is 0.0890. The quantitative estimate of drug-likeness (QED) is 0.199. The van der Waals surface area contributed by atoms with Crippen molar-refractivity contribution in [2.45, 2.75) is 51.4 Å². The van der Waals surface area contributed by atoms with Crippen LogP contribution in [0.1, 0.15) is 61.1 Å². The molecule has 14 heteroatoms. The Morgan fingerprint density at radius 1 is 1.26 bits per heavy atom. The zero-order valence-electron chi connectivity index (χ0n) is 23.5. The van der Waals surface area contributed by atoms with E-state index in [0.29, 0.717) is 39.9 Å². The topological polar surface area (TPSA) is 131 Å². The van der Waals surface area contributed by atoms with Crippen molar-refractivity contribution in [3.8, 4) is 6.07 Å². The SMILES string of the molecule is CC(C)(C)CNc1c(C#N)cnc2c(Cl)cc(N[C@H](C3=CN(C4(C(F)(F)F)CC4)NN3)c3ccc(F)c(C(N)=O)c3)cc12. The van der Waals surface area contributed by atoms with E-state index in [1.807, 2.05) is 20.8 Å². The molecule has 5 rings (SSSR count). The van der Waals surface area contributed by atoms with E-state index < -0.39 is 29.5 Å². The van der Waals surface area contributed by atoms with Gasteiger partial charge < -0.3 is 21.8 Å². The highest BCUT2D eigenvalue weighted by molar-refractivity contribution is 6.35. The smallest absolute Gasteiger partial charge is 0.383 e. The molecule has 2 aromatic carbocycles. The fraction of sp³-hybridized carbons (Fsp3) is 0.345. The molecule has 0 spiro atoms. The first-order valence-electron chi connectivity index (χ1n) is 13.3. The van der Waals surface area contributed by atoms with Gasteiger partial charge in [-0.1, -0.05) is 38.4 Å². The lowest BCUT2D eigenvalue weighted by molar-refractivity contribution is -0.195. The third-order valence-electron chi connectivity index (χ3n) is 7.35. The molecule has 1 aliphatic heterocycles. The number of fused-ring (bicyclic) bond motifs is 1. The summed E-state index contributed by atoms with van der Waals surface area (Å²) in [4.78, 5) is 16.3. The summed E-state index contributed by atoms with van der Waals surface area (Å²) in [5.74, 6) is -1.84. The van der Waals surface area contributed by atoms with Gasteiger partial charge >= 0.3 is 6.18 Å². The van der Waals surface area contributed by atoms with Crippen LogP contribution in [0.15, 0.2) is 48.4 Å². The van der Waals surface area contributed by atoms with Gasteiger partial charge in [0.25, 0.3) is 5.91 Å². The molecule has 0 saturated heterocycles. The standard InChI is InChI=1S/C29H29ClF4N8O/c1-27(2,3)14-38-23-16(11-35)12-37-25-19(23)9-17(10-20(25)30)39-24(15-4-5-21(31)18(8-15)26(36)43)22-13-42(41-40-22)28(6-7-28)29(32,33)34/h4-5,8-10,12-13,24,39-41H,6-7,14H2,1-3H3,(H2,36,43)(H,37,38)/t24-/m0/s1. The molecular weight excluding hydrogens is 588 g/mol. The number of pyridine rings is 1. The first kappa shape index (κ1) is 30.2. The highest BCUT2D eigenvalue weighted by Crippen LogP contribution is 2.53. The van der Waals surface area contributed by atoms with Crippen molar-refractivity contribution in [3.05, 3.63) is 76.0 Å². The molecule has 1 amide bonds. The molecule has 226 valence electrons. The van der Waals surface area contributed by atoms with Gasteiger partial charge in [0.05, 0.1) is 39.1 Å². The minimum Gasteiger partial charge on any atom is -0.383 e. The number of rotatable bonds is 8. The third kappa shape index (κ3) is 5.85. The maximum atomic E-state index is 14.4. The molecular formula is C29H29ClF4N8O. The number of carbonyl (C=O) groups excluding carboxylic acids is 1. The van der Waals surface area contributed by atoms with Gasteiger partial charge in [-0.25, -0.2) is 4.39 Å². The molecule has 3 aromatic rings. The summed E-state index contributed by atoms with van der Waals surface area (Å²) in [6.07, 6.45) is -1.94. The highest BCUT2D eigenvalue weighted by Gasteiger charge is 2.67. The predicted octanol–water partition coefficient (Wildman–Crippen LogP) is 5.87.